The van der Waals surface area contributed by atoms with Gasteiger partial charge in [0.05, 0.1) is 22.8 Å². The highest BCUT2D eigenvalue weighted by molar-refractivity contribution is 5.85. The van der Waals surface area contributed by atoms with Gasteiger partial charge in [-0.05, 0) is 44.2 Å². The summed E-state index contributed by atoms with van der Waals surface area (Å²) >= 11 is 0. The zero-order valence-electron chi connectivity index (χ0n) is 14.6. The van der Waals surface area contributed by atoms with Gasteiger partial charge in [0.2, 0.25) is 5.91 Å². The Kier molecular flexibility index (Phi) is 5.85. The number of nitrogens with zero attached hydrogens (tertiary/aromatic N) is 2. The highest BCUT2D eigenvalue weighted by Crippen LogP contribution is 2.38. The lowest BCUT2D eigenvalue weighted by molar-refractivity contribution is -0.123. The van der Waals surface area contributed by atoms with E-state index in [9.17, 15) is 9.59 Å². The maximum Gasteiger partial charge on any atom is 0.261 e. The Bertz CT molecular complexity index is 831. The van der Waals surface area contributed by atoms with Gasteiger partial charge < -0.3 is 11.1 Å². The van der Waals surface area contributed by atoms with E-state index in [2.05, 4.69) is 10.3 Å². The van der Waals surface area contributed by atoms with Gasteiger partial charge in [-0.3, -0.25) is 14.2 Å². The van der Waals surface area contributed by atoms with Gasteiger partial charge in [0, 0.05) is 19.5 Å². The predicted octanol–water partition coefficient (Wildman–Crippen LogP) is 1.76. The van der Waals surface area contributed by atoms with Crippen molar-refractivity contribution in [1.29, 1.82) is 0 Å². The number of hydrogen-bond donors (Lipinski definition) is 2. The Morgan fingerprint density at radius 1 is 1.44 bits per heavy atom. The van der Waals surface area contributed by atoms with Gasteiger partial charge in [-0.25, -0.2) is 4.98 Å². The molecular weight excluding hydrogens is 340 g/mol. The van der Waals surface area contributed by atoms with E-state index in [1.807, 2.05) is 26.0 Å². The summed E-state index contributed by atoms with van der Waals surface area (Å²) in [5.74, 6) is 0.394. The monoisotopic (exact) mass is 364 g/mol. The zero-order chi connectivity index (χ0) is 17.3. The van der Waals surface area contributed by atoms with E-state index >= 15 is 0 Å². The highest BCUT2D eigenvalue weighted by Gasteiger charge is 2.41. The van der Waals surface area contributed by atoms with Gasteiger partial charge in [-0.1, -0.05) is 12.1 Å². The van der Waals surface area contributed by atoms with E-state index in [0.29, 0.717) is 29.9 Å². The molecule has 1 aromatic heterocycles. The average molecular weight is 365 g/mol. The molecule has 1 atom stereocenters. The molecule has 6 nitrogen and oxygen atoms in total. The second-order valence-corrected chi connectivity index (χ2v) is 6.91. The van der Waals surface area contributed by atoms with E-state index in [0.717, 1.165) is 18.4 Å². The number of hydrogen-bond acceptors (Lipinski definition) is 4. The van der Waals surface area contributed by atoms with Crippen molar-refractivity contribution in [2.75, 3.05) is 6.54 Å². The molecule has 1 unspecified atom stereocenters. The van der Waals surface area contributed by atoms with Crippen molar-refractivity contribution in [3.63, 3.8) is 0 Å². The molecule has 3 N–H and O–H groups in total. The maximum atomic E-state index is 12.5. The summed E-state index contributed by atoms with van der Waals surface area (Å²) in [5, 5.41) is 3.63. The molecule has 1 heterocycles. The number of nitrogens with two attached hydrogens (primary N) is 1. The van der Waals surface area contributed by atoms with Crippen LogP contribution in [0.3, 0.4) is 0 Å². The minimum Gasteiger partial charge on any atom is -0.349 e. The molecule has 0 bridgehead atoms. The van der Waals surface area contributed by atoms with Gasteiger partial charge in [0.25, 0.3) is 5.56 Å². The van der Waals surface area contributed by atoms with Crippen LogP contribution in [-0.4, -0.2) is 27.5 Å². The molecule has 1 amide bonds. The number of benzene rings is 1. The molecule has 0 aliphatic heterocycles. The van der Waals surface area contributed by atoms with Crippen molar-refractivity contribution in [2.24, 2.45) is 11.7 Å². The van der Waals surface area contributed by atoms with Crippen LogP contribution in [0.5, 0.6) is 0 Å². The van der Waals surface area contributed by atoms with Gasteiger partial charge in [-0.15, -0.1) is 12.4 Å². The third-order valence-corrected chi connectivity index (χ3v) is 4.96. The fourth-order valence-corrected chi connectivity index (χ4v) is 3.14. The fraction of sp³-hybridized carbons (Fsp3) is 0.500. The Labute approximate surface area is 153 Å². The molecule has 1 aromatic carbocycles. The molecule has 136 valence electrons. The molecule has 0 radical (unpaired) electrons. The third-order valence-electron chi connectivity index (χ3n) is 4.96. The number of halogens is 1. The lowest BCUT2D eigenvalue weighted by Crippen LogP contribution is -2.53. The van der Waals surface area contributed by atoms with E-state index in [1.54, 1.807) is 6.07 Å². The summed E-state index contributed by atoms with van der Waals surface area (Å²) in [7, 11) is 0. The first-order valence-electron chi connectivity index (χ1n) is 8.40. The number of fused-ring (bicyclic) bond motifs is 1. The first-order valence-corrected chi connectivity index (χ1v) is 8.40. The lowest BCUT2D eigenvalue weighted by atomic mass is 9.96. The van der Waals surface area contributed by atoms with E-state index in [4.69, 9.17) is 5.73 Å². The summed E-state index contributed by atoms with van der Waals surface area (Å²) in [6.45, 7) is 4.67. The Balaban J connectivity index is 0.00000225. The molecule has 0 saturated heterocycles. The molecule has 1 aliphatic carbocycles. The average Bonchev–Trinajstić information content (AvgIpc) is 3.40. The molecule has 25 heavy (non-hydrogen) atoms. The second kappa shape index (κ2) is 7.54. The Morgan fingerprint density at radius 3 is 2.80 bits per heavy atom. The quantitative estimate of drug-likeness (QED) is 0.817. The van der Waals surface area contributed by atoms with Gasteiger partial charge in [0.15, 0.2) is 0 Å². The van der Waals surface area contributed by atoms with Crippen LogP contribution in [-0.2, 0) is 11.3 Å². The lowest BCUT2D eigenvalue weighted by Gasteiger charge is -2.29. The maximum absolute atomic E-state index is 12.5. The number of carbonyl (C=O) groups is 1. The zero-order valence-corrected chi connectivity index (χ0v) is 15.4. The van der Waals surface area contributed by atoms with Gasteiger partial charge in [-0.2, -0.15) is 0 Å². The van der Waals surface area contributed by atoms with Crippen molar-refractivity contribution in [1.82, 2.24) is 14.9 Å². The minimum absolute atomic E-state index is 0. The van der Waals surface area contributed by atoms with Gasteiger partial charge in [0.1, 0.15) is 0 Å². The molecule has 2 aromatic rings. The summed E-state index contributed by atoms with van der Waals surface area (Å²) in [4.78, 5) is 29.1. The first-order chi connectivity index (χ1) is 11.4. The standard InChI is InChI=1S/C18H24N4O2.ClH/c1-12-4-3-5-14-16(12)20-11-22(17(14)24)9-8-15(23)21-18(2,10-19)13-6-7-13;/h3-5,11,13H,6-10,19H2,1-2H3,(H,21,23);1H. The van der Waals surface area contributed by atoms with Crippen LogP contribution in [0, 0.1) is 12.8 Å². The van der Waals surface area contributed by atoms with E-state index in [1.165, 1.54) is 10.9 Å². The van der Waals surface area contributed by atoms with Crippen molar-refractivity contribution in [3.05, 3.63) is 40.4 Å². The summed E-state index contributed by atoms with van der Waals surface area (Å²) in [5.41, 5.74) is 7.07. The van der Waals surface area contributed by atoms with Crippen molar-refractivity contribution in [3.8, 4) is 0 Å². The molecule has 1 fully saturated rings. The number of aryl methyl sites for hydroxylation is 2. The van der Waals surface area contributed by atoms with Crippen LogP contribution >= 0.6 is 12.4 Å². The Hall–Kier alpha value is -1.92. The Morgan fingerprint density at radius 2 is 2.16 bits per heavy atom. The van der Waals surface area contributed by atoms with Crippen LogP contribution in [0.15, 0.2) is 29.3 Å². The number of carbonyl (C=O) groups excluding carboxylic acids is 1. The predicted molar refractivity (Wildman–Crippen MR) is 101 cm³/mol. The van der Waals surface area contributed by atoms with Crippen molar-refractivity contribution >= 4 is 29.2 Å². The van der Waals surface area contributed by atoms with E-state index in [-0.39, 0.29) is 35.8 Å². The largest absolute Gasteiger partial charge is 0.349 e. The summed E-state index contributed by atoms with van der Waals surface area (Å²) in [6, 6.07) is 5.55. The molecule has 7 heteroatoms. The van der Waals surface area contributed by atoms with Gasteiger partial charge >= 0.3 is 0 Å². The number of amides is 1. The highest BCUT2D eigenvalue weighted by atomic mass is 35.5. The van der Waals surface area contributed by atoms with E-state index < -0.39 is 0 Å². The fourth-order valence-electron chi connectivity index (χ4n) is 3.14. The van der Waals surface area contributed by atoms with Crippen LogP contribution in [0.2, 0.25) is 0 Å². The number of rotatable bonds is 6. The normalized spacial score (nSPS) is 16.1. The molecular formula is C18H25ClN4O2. The van der Waals surface area contributed by atoms with Crippen LogP contribution < -0.4 is 16.6 Å². The molecule has 3 rings (SSSR count). The van der Waals surface area contributed by atoms with Crippen LogP contribution in [0.25, 0.3) is 10.9 Å². The molecule has 1 saturated carbocycles. The third kappa shape index (κ3) is 4.02. The van der Waals surface area contributed by atoms with Crippen LogP contribution in [0.1, 0.15) is 31.7 Å². The number of nitrogens with one attached hydrogen (secondary N) is 1. The number of aromatic nitrogens is 2. The molecule has 0 spiro atoms. The summed E-state index contributed by atoms with van der Waals surface area (Å²) < 4.78 is 1.50. The second-order valence-electron chi connectivity index (χ2n) is 6.91. The topological polar surface area (TPSA) is 90.0 Å². The van der Waals surface area contributed by atoms with Crippen molar-refractivity contribution < 1.29 is 4.79 Å². The minimum atomic E-state index is -0.333. The smallest absolute Gasteiger partial charge is 0.261 e. The number of para-hydroxylation sites is 1. The van der Waals surface area contributed by atoms with Crippen molar-refractivity contribution in [2.45, 2.75) is 45.2 Å². The molecule has 1 aliphatic rings. The SMILES string of the molecule is Cc1cccc2c(=O)n(CCC(=O)NC(C)(CN)C3CC3)cnc12.Cl. The van der Waals surface area contributed by atoms with Crippen LogP contribution in [0.4, 0.5) is 0 Å². The summed E-state index contributed by atoms with van der Waals surface area (Å²) in [6.07, 6.45) is 3.98. The first kappa shape index (κ1) is 19.4.